The van der Waals surface area contributed by atoms with Crippen LogP contribution in [0, 0.1) is 6.92 Å². The number of carbonyl (C=O) groups is 1. The molecule has 0 bridgehead atoms. The number of thiazole rings is 1. The summed E-state index contributed by atoms with van der Waals surface area (Å²) in [5, 5.41) is 5.35. The van der Waals surface area contributed by atoms with Crippen LogP contribution < -0.4 is 4.90 Å². The van der Waals surface area contributed by atoms with Gasteiger partial charge >= 0.3 is 0 Å². The van der Waals surface area contributed by atoms with Gasteiger partial charge in [0.2, 0.25) is 0 Å². The SMILES string of the molecule is CCc1ccc2nc(N(CCCn3ccnc3)C(=O)c3c(-c4ccccc4Cl)noc3C)sc2c1.Cl. The van der Waals surface area contributed by atoms with E-state index in [1.54, 1.807) is 30.4 Å². The lowest BCUT2D eigenvalue weighted by atomic mass is 10.1. The summed E-state index contributed by atoms with van der Waals surface area (Å²) in [7, 11) is 0. The van der Waals surface area contributed by atoms with Crippen molar-refractivity contribution < 1.29 is 9.32 Å². The number of hydrogen-bond donors (Lipinski definition) is 0. The second kappa shape index (κ2) is 11.2. The van der Waals surface area contributed by atoms with E-state index >= 15 is 0 Å². The first-order valence-corrected chi connectivity index (χ1v) is 12.6. The predicted octanol–water partition coefficient (Wildman–Crippen LogP) is 6.83. The largest absolute Gasteiger partial charge is 0.360 e. The molecule has 1 amide bonds. The molecule has 0 saturated carbocycles. The number of aryl methyl sites for hydroxylation is 3. The summed E-state index contributed by atoms with van der Waals surface area (Å²) in [5.74, 6) is 0.234. The summed E-state index contributed by atoms with van der Waals surface area (Å²) >= 11 is 7.96. The number of benzene rings is 2. The molecule has 10 heteroatoms. The number of hydrogen-bond acceptors (Lipinski definition) is 6. The average molecular weight is 542 g/mol. The topological polar surface area (TPSA) is 77.1 Å². The average Bonchev–Trinajstić information content (AvgIpc) is 3.61. The van der Waals surface area contributed by atoms with Gasteiger partial charge in [0.05, 0.1) is 21.6 Å². The quantitative estimate of drug-likeness (QED) is 0.215. The molecule has 0 atom stereocenters. The highest BCUT2D eigenvalue weighted by atomic mass is 35.5. The van der Waals surface area contributed by atoms with Crippen molar-refractivity contribution >= 4 is 56.6 Å². The standard InChI is InChI=1S/C26H24ClN5O2S.ClH/c1-3-18-9-10-21-22(15-18)35-26(29-21)32(13-6-12-31-14-11-28-16-31)25(33)23-17(2)34-30-24(23)19-7-4-5-8-20(19)27;/h4-5,7-11,14-16H,3,6,12-13H2,1-2H3;1H. The third kappa shape index (κ3) is 5.16. The van der Waals surface area contributed by atoms with Crippen LogP contribution in [0.15, 0.2) is 65.7 Å². The Morgan fingerprint density at radius 1 is 1.22 bits per heavy atom. The van der Waals surface area contributed by atoms with E-state index in [9.17, 15) is 4.79 Å². The number of amides is 1. The lowest BCUT2D eigenvalue weighted by molar-refractivity contribution is 0.0985. The molecule has 0 N–H and O–H groups in total. The van der Waals surface area contributed by atoms with Gasteiger partial charge in [0.15, 0.2) is 5.13 Å². The van der Waals surface area contributed by atoms with Crippen molar-refractivity contribution in [2.75, 3.05) is 11.4 Å². The van der Waals surface area contributed by atoms with Crippen LogP contribution in [0.2, 0.25) is 5.02 Å². The van der Waals surface area contributed by atoms with Crippen LogP contribution in [-0.2, 0) is 13.0 Å². The van der Waals surface area contributed by atoms with Crippen molar-refractivity contribution in [3.8, 4) is 11.3 Å². The first-order valence-electron chi connectivity index (χ1n) is 11.4. The molecule has 2 aromatic carbocycles. The molecule has 5 rings (SSSR count). The third-order valence-electron chi connectivity index (χ3n) is 5.89. The van der Waals surface area contributed by atoms with Gasteiger partial charge in [0, 0.05) is 31.0 Å². The van der Waals surface area contributed by atoms with Crippen molar-refractivity contribution in [2.24, 2.45) is 0 Å². The van der Waals surface area contributed by atoms with Crippen LogP contribution in [0.3, 0.4) is 0 Å². The Bertz CT molecular complexity index is 1480. The number of carbonyl (C=O) groups excluding carboxylic acids is 1. The fraction of sp³-hybridized carbons (Fsp3) is 0.231. The first kappa shape index (κ1) is 25.9. The zero-order valence-electron chi connectivity index (χ0n) is 19.8. The molecule has 0 radical (unpaired) electrons. The minimum Gasteiger partial charge on any atom is -0.360 e. The maximum Gasteiger partial charge on any atom is 0.265 e. The highest BCUT2D eigenvalue weighted by Crippen LogP contribution is 2.35. The summed E-state index contributed by atoms with van der Waals surface area (Å²) < 4.78 is 8.53. The number of nitrogens with zero attached hydrogens (tertiary/aromatic N) is 5. The Labute approximate surface area is 224 Å². The summed E-state index contributed by atoms with van der Waals surface area (Å²) in [4.78, 5) is 24.7. The molecule has 0 spiro atoms. The zero-order chi connectivity index (χ0) is 24.4. The summed E-state index contributed by atoms with van der Waals surface area (Å²) in [6, 6.07) is 13.6. The number of aromatic nitrogens is 4. The van der Waals surface area contributed by atoms with E-state index < -0.39 is 0 Å². The highest BCUT2D eigenvalue weighted by molar-refractivity contribution is 7.22. The Balaban J connectivity index is 0.00000304. The lowest BCUT2D eigenvalue weighted by Gasteiger charge is -2.20. The highest BCUT2D eigenvalue weighted by Gasteiger charge is 2.29. The Kier molecular flexibility index (Phi) is 8.08. The molecule has 0 fully saturated rings. The van der Waals surface area contributed by atoms with Gasteiger partial charge in [0.1, 0.15) is 17.0 Å². The molecule has 0 saturated heterocycles. The molecular weight excluding hydrogens is 517 g/mol. The first-order chi connectivity index (χ1) is 17.0. The van der Waals surface area contributed by atoms with Gasteiger partial charge in [-0.3, -0.25) is 9.69 Å². The molecule has 7 nitrogen and oxygen atoms in total. The normalized spacial score (nSPS) is 11.0. The predicted molar refractivity (Wildman–Crippen MR) is 146 cm³/mol. The molecule has 186 valence electrons. The van der Waals surface area contributed by atoms with E-state index in [4.69, 9.17) is 21.1 Å². The second-order valence-corrected chi connectivity index (χ2v) is 9.62. The van der Waals surface area contributed by atoms with Crippen molar-refractivity contribution in [3.63, 3.8) is 0 Å². The summed E-state index contributed by atoms with van der Waals surface area (Å²) in [6.07, 6.45) is 7.10. The maximum absolute atomic E-state index is 14.1. The van der Waals surface area contributed by atoms with E-state index in [-0.39, 0.29) is 18.3 Å². The van der Waals surface area contributed by atoms with Crippen molar-refractivity contribution in [3.05, 3.63) is 83.1 Å². The van der Waals surface area contributed by atoms with Crippen LogP contribution in [0.25, 0.3) is 21.5 Å². The maximum atomic E-state index is 14.1. The van der Waals surface area contributed by atoms with E-state index in [0.717, 1.165) is 29.6 Å². The van der Waals surface area contributed by atoms with E-state index in [1.807, 2.05) is 35.0 Å². The molecule has 0 unspecified atom stereocenters. The van der Waals surface area contributed by atoms with E-state index in [0.29, 0.717) is 39.3 Å². The van der Waals surface area contributed by atoms with Gasteiger partial charge in [-0.25, -0.2) is 9.97 Å². The molecule has 0 aliphatic rings. The van der Waals surface area contributed by atoms with Crippen molar-refractivity contribution in [1.82, 2.24) is 19.7 Å². The van der Waals surface area contributed by atoms with E-state index in [1.165, 1.54) is 16.9 Å². The van der Waals surface area contributed by atoms with Crippen LogP contribution >= 0.6 is 35.3 Å². The van der Waals surface area contributed by atoms with Gasteiger partial charge in [-0.2, -0.15) is 0 Å². The van der Waals surface area contributed by atoms with Crippen molar-refractivity contribution in [2.45, 2.75) is 33.2 Å². The van der Waals surface area contributed by atoms with E-state index in [2.05, 4.69) is 29.2 Å². The van der Waals surface area contributed by atoms with Crippen LogP contribution in [0.5, 0.6) is 0 Å². The molecule has 5 aromatic rings. The summed E-state index contributed by atoms with van der Waals surface area (Å²) in [5.41, 5.74) is 3.61. The van der Waals surface area contributed by atoms with Crippen LogP contribution in [-0.4, -0.2) is 32.1 Å². The molecule has 3 aromatic heterocycles. The number of anilines is 1. The molecule has 36 heavy (non-hydrogen) atoms. The van der Waals surface area contributed by atoms with Gasteiger partial charge < -0.3 is 9.09 Å². The number of rotatable bonds is 8. The van der Waals surface area contributed by atoms with Gasteiger partial charge in [-0.15, -0.1) is 12.4 Å². The summed E-state index contributed by atoms with van der Waals surface area (Å²) in [6.45, 7) is 5.08. The Hall–Kier alpha value is -3.20. The number of imidazole rings is 1. The molecular formula is C26H25Cl2N5O2S. The van der Waals surface area contributed by atoms with Crippen LogP contribution in [0.4, 0.5) is 5.13 Å². The molecule has 3 heterocycles. The lowest BCUT2D eigenvalue weighted by Crippen LogP contribution is -2.33. The third-order valence-corrected chi connectivity index (χ3v) is 7.26. The molecule has 0 aliphatic carbocycles. The second-order valence-electron chi connectivity index (χ2n) is 8.21. The zero-order valence-corrected chi connectivity index (χ0v) is 22.2. The van der Waals surface area contributed by atoms with Crippen LogP contribution in [0.1, 0.15) is 35.0 Å². The Morgan fingerprint density at radius 2 is 2.06 bits per heavy atom. The number of halogens is 2. The van der Waals surface area contributed by atoms with Gasteiger partial charge in [-0.1, -0.05) is 59.3 Å². The Morgan fingerprint density at radius 3 is 2.81 bits per heavy atom. The fourth-order valence-corrected chi connectivity index (χ4v) is 5.28. The fourth-order valence-electron chi connectivity index (χ4n) is 4.00. The van der Waals surface area contributed by atoms with Crippen molar-refractivity contribution in [1.29, 1.82) is 0 Å². The smallest absolute Gasteiger partial charge is 0.265 e. The molecule has 0 aliphatic heterocycles. The number of fused-ring (bicyclic) bond motifs is 1. The minimum absolute atomic E-state index is 0. The minimum atomic E-state index is -0.209. The monoisotopic (exact) mass is 541 g/mol. The van der Waals surface area contributed by atoms with Gasteiger partial charge in [-0.05, 0) is 43.5 Å². The van der Waals surface area contributed by atoms with Gasteiger partial charge in [0.25, 0.3) is 5.91 Å².